The van der Waals surface area contributed by atoms with Crippen LogP contribution in [0.25, 0.3) is 10.9 Å². The highest BCUT2D eigenvalue weighted by molar-refractivity contribution is 5.82. The van der Waals surface area contributed by atoms with Crippen LogP contribution in [-0.4, -0.2) is 34.0 Å². The van der Waals surface area contributed by atoms with Crippen molar-refractivity contribution in [3.8, 4) is 0 Å². The number of pyridine rings is 1. The molecule has 106 valence electrons. The van der Waals surface area contributed by atoms with Crippen molar-refractivity contribution in [1.29, 1.82) is 0 Å². The number of para-hydroxylation sites is 1. The van der Waals surface area contributed by atoms with Gasteiger partial charge >= 0.3 is 0 Å². The summed E-state index contributed by atoms with van der Waals surface area (Å²) in [5.41, 5.74) is 7.78. The molecule has 0 aliphatic heterocycles. The monoisotopic (exact) mass is 272 g/mol. The molecule has 2 aromatic rings. The van der Waals surface area contributed by atoms with Gasteiger partial charge in [0.2, 0.25) is 0 Å². The lowest BCUT2D eigenvalue weighted by molar-refractivity contribution is 0.286. The molecule has 2 rings (SSSR count). The summed E-state index contributed by atoms with van der Waals surface area (Å²) in [6.07, 6.45) is 2.82. The first-order valence-electron chi connectivity index (χ1n) is 6.76. The Kier molecular flexibility index (Phi) is 4.90. The maximum atomic E-state index is 8.71. The van der Waals surface area contributed by atoms with E-state index in [1.807, 2.05) is 12.1 Å². The van der Waals surface area contributed by atoms with Crippen molar-refractivity contribution in [2.45, 2.75) is 19.9 Å². The third-order valence-corrected chi connectivity index (χ3v) is 3.16. The van der Waals surface area contributed by atoms with Gasteiger partial charge in [0.05, 0.1) is 12.1 Å². The van der Waals surface area contributed by atoms with Gasteiger partial charge in [-0.05, 0) is 24.6 Å². The Morgan fingerprint density at radius 3 is 2.90 bits per heavy atom. The Balaban J connectivity index is 2.24. The van der Waals surface area contributed by atoms with Crippen molar-refractivity contribution < 1.29 is 5.21 Å². The lowest BCUT2D eigenvalue weighted by atomic mass is 10.1. The lowest BCUT2D eigenvalue weighted by Gasteiger charge is -2.21. The van der Waals surface area contributed by atoms with E-state index in [-0.39, 0.29) is 5.84 Å². The third kappa shape index (κ3) is 3.45. The summed E-state index contributed by atoms with van der Waals surface area (Å²) in [5.74, 6) is 0.228. The van der Waals surface area contributed by atoms with Crippen LogP contribution in [-0.2, 0) is 6.54 Å². The minimum atomic E-state index is 0.228. The van der Waals surface area contributed by atoms with Gasteiger partial charge in [-0.15, -0.1) is 0 Å². The first kappa shape index (κ1) is 14.3. The quantitative estimate of drug-likeness (QED) is 0.366. The molecule has 0 fully saturated rings. The van der Waals surface area contributed by atoms with E-state index in [0.717, 1.165) is 36.0 Å². The van der Waals surface area contributed by atoms with Crippen LogP contribution in [0.15, 0.2) is 41.7 Å². The summed E-state index contributed by atoms with van der Waals surface area (Å²) in [4.78, 5) is 6.61. The molecule has 1 heterocycles. The largest absolute Gasteiger partial charge is 0.409 e. The number of amidine groups is 1. The molecule has 5 nitrogen and oxygen atoms in total. The molecular weight excluding hydrogens is 252 g/mol. The number of nitrogens with zero attached hydrogens (tertiary/aromatic N) is 3. The Hall–Kier alpha value is -2.14. The summed E-state index contributed by atoms with van der Waals surface area (Å²) in [5, 5.41) is 12.9. The van der Waals surface area contributed by atoms with Gasteiger partial charge in [0.25, 0.3) is 0 Å². The highest BCUT2D eigenvalue weighted by atomic mass is 16.4. The molecule has 5 heteroatoms. The van der Waals surface area contributed by atoms with Crippen molar-refractivity contribution in [1.82, 2.24) is 9.88 Å². The van der Waals surface area contributed by atoms with Gasteiger partial charge in [-0.1, -0.05) is 36.3 Å². The van der Waals surface area contributed by atoms with Crippen molar-refractivity contribution in [2.24, 2.45) is 10.9 Å². The molecule has 0 saturated heterocycles. The van der Waals surface area contributed by atoms with Crippen LogP contribution in [0.3, 0.4) is 0 Å². The van der Waals surface area contributed by atoms with E-state index >= 15 is 0 Å². The van der Waals surface area contributed by atoms with Crippen LogP contribution in [0, 0.1) is 0 Å². The second-order valence-corrected chi connectivity index (χ2v) is 4.79. The van der Waals surface area contributed by atoms with Crippen LogP contribution in [0.1, 0.15) is 18.9 Å². The number of rotatable bonds is 6. The number of benzene rings is 1. The predicted molar refractivity (Wildman–Crippen MR) is 80.7 cm³/mol. The number of fused-ring (bicyclic) bond motifs is 1. The van der Waals surface area contributed by atoms with Crippen LogP contribution >= 0.6 is 0 Å². The zero-order valence-electron chi connectivity index (χ0n) is 11.7. The number of nitrogens with two attached hydrogens (primary N) is 1. The van der Waals surface area contributed by atoms with E-state index < -0.39 is 0 Å². The number of hydrogen-bond acceptors (Lipinski definition) is 4. The van der Waals surface area contributed by atoms with Crippen LogP contribution in [0.4, 0.5) is 0 Å². The Morgan fingerprint density at radius 1 is 1.35 bits per heavy atom. The standard InChI is InChI=1S/C15H20N4O/c1-2-9-19(11-14(16)18-20)10-13-6-3-5-12-7-4-8-17-15(12)13/h3-8,20H,2,9-11H2,1H3,(H2,16,18). The Labute approximate surface area is 118 Å². The zero-order valence-corrected chi connectivity index (χ0v) is 11.7. The summed E-state index contributed by atoms with van der Waals surface area (Å²) in [6.45, 7) is 4.19. The number of hydrogen-bond donors (Lipinski definition) is 2. The van der Waals surface area contributed by atoms with Crippen molar-refractivity contribution in [3.05, 3.63) is 42.1 Å². The average molecular weight is 272 g/mol. The molecule has 3 N–H and O–H groups in total. The van der Waals surface area contributed by atoms with E-state index in [1.165, 1.54) is 0 Å². The van der Waals surface area contributed by atoms with Crippen LogP contribution < -0.4 is 5.73 Å². The Bertz CT molecular complexity index is 592. The van der Waals surface area contributed by atoms with Gasteiger partial charge in [0.15, 0.2) is 5.84 Å². The van der Waals surface area contributed by atoms with Gasteiger partial charge < -0.3 is 10.9 Å². The summed E-state index contributed by atoms with van der Waals surface area (Å²) in [7, 11) is 0. The molecule has 1 aromatic carbocycles. The second kappa shape index (κ2) is 6.86. The van der Waals surface area contributed by atoms with Crippen molar-refractivity contribution >= 4 is 16.7 Å². The number of aromatic nitrogens is 1. The lowest BCUT2D eigenvalue weighted by Crippen LogP contribution is -2.34. The molecule has 0 radical (unpaired) electrons. The van der Waals surface area contributed by atoms with Crippen molar-refractivity contribution in [3.63, 3.8) is 0 Å². The average Bonchev–Trinajstić information content (AvgIpc) is 2.47. The van der Waals surface area contributed by atoms with E-state index in [0.29, 0.717) is 6.54 Å². The summed E-state index contributed by atoms with van der Waals surface area (Å²) < 4.78 is 0. The molecule has 0 aliphatic carbocycles. The van der Waals surface area contributed by atoms with Gasteiger partial charge in [-0.3, -0.25) is 9.88 Å². The number of oxime groups is 1. The van der Waals surface area contributed by atoms with Gasteiger partial charge in [-0.2, -0.15) is 0 Å². The zero-order chi connectivity index (χ0) is 14.4. The van der Waals surface area contributed by atoms with Gasteiger partial charge in [-0.25, -0.2) is 0 Å². The molecule has 0 atom stereocenters. The van der Waals surface area contributed by atoms with Crippen LogP contribution in [0.2, 0.25) is 0 Å². The molecule has 0 spiro atoms. The van der Waals surface area contributed by atoms with Crippen molar-refractivity contribution in [2.75, 3.05) is 13.1 Å². The first-order chi connectivity index (χ1) is 9.74. The summed E-state index contributed by atoms with van der Waals surface area (Å²) in [6, 6.07) is 10.2. The molecule has 0 amide bonds. The topological polar surface area (TPSA) is 74.7 Å². The fourth-order valence-electron chi connectivity index (χ4n) is 2.33. The Morgan fingerprint density at radius 2 is 2.15 bits per heavy atom. The molecule has 0 saturated carbocycles. The predicted octanol–water partition coefficient (Wildman–Crippen LogP) is 2.19. The van der Waals surface area contributed by atoms with Crippen LogP contribution in [0.5, 0.6) is 0 Å². The first-order valence-corrected chi connectivity index (χ1v) is 6.76. The molecule has 0 aliphatic rings. The van der Waals surface area contributed by atoms with E-state index in [4.69, 9.17) is 10.9 Å². The normalized spacial score (nSPS) is 12.2. The molecule has 1 aromatic heterocycles. The fourth-order valence-corrected chi connectivity index (χ4v) is 2.33. The second-order valence-electron chi connectivity index (χ2n) is 4.79. The molecule has 20 heavy (non-hydrogen) atoms. The third-order valence-electron chi connectivity index (χ3n) is 3.16. The molecule has 0 bridgehead atoms. The highest BCUT2D eigenvalue weighted by Gasteiger charge is 2.10. The SMILES string of the molecule is CCCN(CC(N)=NO)Cc1cccc2cccnc12. The van der Waals surface area contributed by atoms with Gasteiger partial charge in [0, 0.05) is 18.1 Å². The minimum Gasteiger partial charge on any atom is -0.409 e. The molecular formula is C15H20N4O. The van der Waals surface area contributed by atoms with Gasteiger partial charge in [0.1, 0.15) is 0 Å². The minimum absolute atomic E-state index is 0.228. The maximum absolute atomic E-state index is 8.71. The highest BCUT2D eigenvalue weighted by Crippen LogP contribution is 2.17. The fraction of sp³-hybridized carbons (Fsp3) is 0.333. The van der Waals surface area contributed by atoms with E-state index in [1.54, 1.807) is 6.20 Å². The molecule has 0 unspecified atom stereocenters. The summed E-state index contributed by atoms with van der Waals surface area (Å²) >= 11 is 0. The maximum Gasteiger partial charge on any atom is 0.153 e. The smallest absolute Gasteiger partial charge is 0.153 e. The van der Waals surface area contributed by atoms with E-state index in [2.05, 4.69) is 40.2 Å². The van der Waals surface area contributed by atoms with E-state index in [9.17, 15) is 0 Å².